The summed E-state index contributed by atoms with van der Waals surface area (Å²) in [7, 11) is 3.36. The first-order valence-corrected chi connectivity index (χ1v) is 4.57. The molecule has 1 atom stereocenters. The van der Waals surface area contributed by atoms with Crippen LogP contribution in [0.1, 0.15) is 25.0 Å². The molecule has 0 saturated carbocycles. The molecule has 0 fully saturated rings. The van der Waals surface area contributed by atoms with E-state index in [1.165, 1.54) is 0 Å². The Morgan fingerprint density at radius 2 is 2.64 bits per heavy atom. The molecule has 1 radical (unpaired) electrons. The summed E-state index contributed by atoms with van der Waals surface area (Å²) in [6.07, 6.45) is 1.05. The van der Waals surface area contributed by atoms with E-state index in [0.717, 1.165) is 12.1 Å². The minimum Gasteiger partial charge on any atom is -0.378 e. The van der Waals surface area contributed by atoms with Gasteiger partial charge in [0.2, 0.25) is 0 Å². The van der Waals surface area contributed by atoms with Crippen molar-refractivity contribution in [3.63, 3.8) is 0 Å². The van der Waals surface area contributed by atoms with Crippen molar-refractivity contribution in [3.8, 4) is 0 Å². The van der Waals surface area contributed by atoms with E-state index in [9.17, 15) is 0 Å². The van der Waals surface area contributed by atoms with Crippen LogP contribution >= 0.6 is 11.3 Å². The van der Waals surface area contributed by atoms with Gasteiger partial charge in [-0.2, -0.15) is 0 Å². The zero-order valence-electron chi connectivity index (χ0n) is 6.62. The lowest BCUT2D eigenvalue weighted by molar-refractivity contribution is 0.215. The Kier molecular flexibility index (Phi) is 3.52. The van der Waals surface area contributed by atoms with Crippen LogP contribution in [0.5, 0.6) is 0 Å². The highest BCUT2D eigenvalue weighted by atomic mass is 32.1. The van der Waals surface area contributed by atoms with Crippen molar-refractivity contribution in [2.75, 3.05) is 6.61 Å². The summed E-state index contributed by atoms with van der Waals surface area (Å²) >= 11 is 1.62. The van der Waals surface area contributed by atoms with Crippen LogP contribution in [-0.4, -0.2) is 11.6 Å². The van der Waals surface area contributed by atoms with Crippen LogP contribution < -0.4 is 0 Å². The summed E-state index contributed by atoms with van der Waals surface area (Å²) in [5.41, 5.74) is 2.97. The Hall–Kier alpha value is -0.410. The molecule has 0 aliphatic carbocycles. The van der Waals surface area contributed by atoms with E-state index in [0.29, 0.717) is 12.5 Å². The molecule has 1 aromatic rings. The SMILES string of the molecule is [CH2]OCC(CC)c1cscn1. The fourth-order valence-corrected chi connectivity index (χ4v) is 1.61. The van der Waals surface area contributed by atoms with Crippen molar-refractivity contribution >= 4 is 11.3 Å². The van der Waals surface area contributed by atoms with Crippen molar-refractivity contribution in [1.29, 1.82) is 0 Å². The van der Waals surface area contributed by atoms with Gasteiger partial charge in [-0.3, -0.25) is 0 Å². The van der Waals surface area contributed by atoms with Crippen molar-refractivity contribution in [3.05, 3.63) is 23.7 Å². The number of ether oxygens (including phenoxy) is 1. The molecule has 0 saturated heterocycles. The molecule has 1 unspecified atom stereocenters. The maximum Gasteiger partial charge on any atom is 0.0794 e. The highest BCUT2D eigenvalue weighted by Gasteiger charge is 2.09. The molecule has 1 aromatic heterocycles. The topological polar surface area (TPSA) is 22.1 Å². The smallest absolute Gasteiger partial charge is 0.0794 e. The van der Waals surface area contributed by atoms with Crippen LogP contribution in [0.25, 0.3) is 0 Å². The number of hydrogen-bond donors (Lipinski definition) is 0. The van der Waals surface area contributed by atoms with Crippen LogP contribution in [0.3, 0.4) is 0 Å². The molecule has 1 rings (SSSR count). The predicted molar refractivity (Wildman–Crippen MR) is 46.5 cm³/mol. The highest BCUT2D eigenvalue weighted by molar-refractivity contribution is 7.07. The van der Waals surface area contributed by atoms with Gasteiger partial charge < -0.3 is 4.74 Å². The van der Waals surface area contributed by atoms with Crippen molar-refractivity contribution < 1.29 is 4.74 Å². The van der Waals surface area contributed by atoms with Gasteiger partial charge in [-0.1, -0.05) is 6.92 Å². The van der Waals surface area contributed by atoms with Gasteiger partial charge in [0, 0.05) is 11.3 Å². The zero-order valence-corrected chi connectivity index (χ0v) is 7.43. The third kappa shape index (κ3) is 2.27. The molecule has 0 N–H and O–H groups in total. The van der Waals surface area contributed by atoms with Gasteiger partial charge in [0.15, 0.2) is 0 Å². The molecular weight excluding hydrogens is 158 g/mol. The normalized spacial score (nSPS) is 13.3. The van der Waals surface area contributed by atoms with Crippen molar-refractivity contribution in [1.82, 2.24) is 4.98 Å². The lowest BCUT2D eigenvalue weighted by Crippen LogP contribution is -2.04. The monoisotopic (exact) mass is 170 g/mol. The summed E-state index contributed by atoms with van der Waals surface area (Å²) < 4.78 is 4.83. The number of rotatable bonds is 4. The largest absolute Gasteiger partial charge is 0.378 e. The van der Waals surface area contributed by atoms with Crippen LogP contribution in [-0.2, 0) is 4.74 Å². The van der Waals surface area contributed by atoms with Gasteiger partial charge in [0.1, 0.15) is 0 Å². The fraction of sp³-hybridized carbons (Fsp3) is 0.500. The van der Waals surface area contributed by atoms with Gasteiger partial charge >= 0.3 is 0 Å². The highest BCUT2D eigenvalue weighted by Crippen LogP contribution is 2.18. The molecule has 0 aliphatic rings. The molecule has 0 spiro atoms. The maximum atomic E-state index is 4.83. The van der Waals surface area contributed by atoms with E-state index >= 15 is 0 Å². The molecular formula is C8H12NOS. The van der Waals surface area contributed by atoms with Gasteiger partial charge in [-0.25, -0.2) is 4.98 Å². The summed E-state index contributed by atoms with van der Waals surface area (Å²) in [5, 5.41) is 2.06. The lowest BCUT2D eigenvalue weighted by Gasteiger charge is -2.09. The Bertz CT molecular complexity index is 186. The summed E-state index contributed by atoms with van der Waals surface area (Å²) in [4.78, 5) is 4.22. The van der Waals surface area contributed by atoms with Gasteiger partial charge in [0.05, 0.1) is 24.9 Å². The number of thiazole rings is 1. The second-order valence-electron chi connectivity index (χ2n) is 2.39. The van der Waals surface area contributed by atoms with Crippen molar-refractivity contribution in [2.45, 2.75) is 19.3 Å². The standard InChI is InChI=1S/C8H12NOS/c1-3-7(4-10-2)8-5-11-6-9-8/h5-7H,2-4H2,1H3. The van der Waals surface area contributed by atoms with E-state index in [4.69, 9.17) is 4.74 Å². The molecule has 0 aliphatic heterocycles. The summed E-state index contributed by atoms with van der Waals surface area (Å²) in [6.45, 7) is 2.79. The van der Waals surface area contributed by atoms with E-state index in [1.54, 1.807) is 11.3 Å². The van der Waals surface area contributed by atoms with E-state index < -0.39 is 0 Å². The second kappa shape index (κ2) is 4.46. The maximum absolute atomic E-state index is 4.83. The van der Waals surface area contributed by atoms with Crippen LogP contribution in [0, 0.1) is 7.11 Å². The molecule has 0 bridgehead atoms. The Labute approximate surface area is 71.2 Å². The Morgan fingerprint density at radius 3 is 3.09 bits per heavy atom. The average molecular weight is 170 g/mol. The van der Waals surface area contributed by atoms with Crippen LogP contribution in [0.4, 0.5) is 0 Å². The molecule has 0 amide bonds. The number of hydrogen-bond acceptors (Lipinski definition) is 3. The van der Waals surface area contributed by atoms with Gasteiger partial charge in [-0.15, -0.1) is 11.3 Å². The molecule has 61 valence electrons. The molecule has 11 heavy (non-hydrogen) atoms. The van der Waals surface area contributed by atoms with E-state index in [2.05, 4.69) is 24.4 Å². The minimum atomic E-state index is 0.416. The molecule has 1 heterocycles. The summed E-state index contributed by atoms with van der Waals surface area (Å²) in [5.74, 6) is 0.416. The first kappa shape index (κ1) is 8.68. The third-order valence-corrected chi connectivity index (χ3v) is 2.29. The molecule has 0 aromatic carbocycles. The number of aromatic nitrogens is 1. The van der Waals surface area contributed by atoms with Crippen molar-refractivity contribution in [2.24, 2.45) is 0 Å². The predicted octanol–water partition coefficient (Wildman–Crippen LogP) is 2.44. The van der Waals surface area contributed by atoms with Crippen LogP contribution in [0.15, 0.2) is 10.9 Å². The first-order chi connectivity index (χ1) is 5.38. The Balaban J connectivity index is 2.56. The minimum absolute atomic E-state index is 0.416. The number of nitrogens with zero attached hydrogens (tertiary/aromatic N) is 1. The Morgan fingerprint density at radius 1 is 1.82 bits per heavy atom. The quantitative estimate of drug-likeness (QED) is 0.692. The van der Waals surface area contributed by atoms with E-state index in [-0.39, 0.29) is 0 Å². The molecule has 3 heteroatoms. The first-order valence-electron chi connectivity index (χ1n) is 3.63. The average Bonchev–Trinajstić information content (AvgIpc) is 2.52. The zero-order chi connectivity index (χ0) is 8.10. The molecule has 2 nitrogen and oxygen atoms in total. The summed E-state index contributed by atoms with van der Waals surface area (Å²) in [6, 6.07) is 0. The van der Waals surface area contributed by atoms with E-state index in [1.807, 2.05) is 5.51 Å². The lowest BCUT2D eigenvalue weighted by atomic mass is 10.1. The second-order valence-corrected chi connectivity index (χ2v) is 3.11. The fourth-order valence-electron chi connectivity index (χ4n) is 0.978. The third-order valence-electron chi connectivity index (χ3n) is 1.68. The van der Waals surface area contributed by atoms with Gasteiger partial charge in [-0.05, 0) is 6.42 Å². The van der Waals surface area contributed by atoms with Crippen LogP contribution in [0.2, 0.25) is 0 Å². The van der Waals surface area contributed by atoms with Gasteiger partial charge in [0.25, 0.3) is 0 Å².